The van der Waals surface area contributed by atoms with Gasteiger partial charge in [0.2, 0.25) is 0 Å². The number of carbonyl (C=O) groups excluding carboxylic acids is 2. The van der Waals surface area contributed by atoms with Gasteiger partial charge in [-0.3, -0.25) is 0 Å². The fourth-order valence-electron chi connectivity index (χ4n) is 4.94. The Labute approximate surface area is 220 Å². The van der Waals surface area contributed by atoms with E-state index in [1.54, 1.807) is 36.4 Å². The summed E-state index contributed by atoms with van der Waals surface area (Å²) in [6, 6.07) is 17.7. The quantitative estimate of drug-likeness (QED) is 0.205. The first-order chi connectivity index (χ1) is 17.5. The highest BCUT2D eigenvalue weighted by Gasteiger charge is 2.39. The van der Waals surface area contributed by atoms with Crippen molar-refractivity contribution in [2.45, 2.75) is 31.7 Å². The molecule has 36 heavy (non-hydrogen) atoms. The number of allylic oxidation sites excluding steroid dienone is 2. The van der Waals surface area contributed by atoms with Gasteiger partial charge in [-0.05, 0) is 72.4 Å². The molecule has 3 aromatic rings. The molecule has 0 radical (unpaired) electrons. The molecule has 0 bridgehead atoms. The van der Waals surface area contributed by atoms with E-state index in [1.807, 2.05) is 31.2 Å². The Bertz CT molecular complexity index is 1350. The zero-order valence-corrected chi connectivity index (χ0v) is 21.2. The molecule has 3 aromatic carbocycles. The number of benzene rings is 3. The lowest BCUT2D eigenvalue weighted by molar-refractivity contribution is 0.0499. The van der Waals surface area contributed by atoms with Crippen LogP contribution in [0.3, 0.4) is 0 Å². The molecule has 0 unspecified atom stereocenters. The van der Waals surface area contributed by atoms with Gasteiger partial charge in [-0.2, -0.15) is 0 Å². The Balaban J connectivity index is 1.41. The average molecular weight is 522 g/mol. The van der Waals surface area contributed by atoms with E-state index >= 15 is 0 Å². The third-order valence-corrected chi connectivity index (χ3v) is 7.21. The molecule has 0 amide bonds. The van der Waals surface area contributed by atoms with Crippen molar-refractivity contribution in [2.75, 3.05) is 11.9 Å². The summed E-state index contributed by atoms with van der Waals surface area (Å²) in [6.07, 6.45) is 5.96. The number of anilines is 1. The van der Waals surface area contributed by atoms with Gasteiger partial charge in [0, 0.05) is 21.7 Å². The van der Waals surface area contributed by atoms with Crippen molar-refractivity contribution in [1.29, 1.82) is 0 Å². The van der Waals surface area contributed by atoms with Gasteiger partial charge >= 0.3 is 11.9 Å². The lowest BCUT2D eigenvalue weighted by Crippen LogP contribution is -2.29. The number of hydrogen-bond donors (Lipinski definition) is 1. The van der Waals surface area contributed by atoms with Crippen LogP contribution in [0.2, 0.25) is 10.0 Å². The predicted molar refractivity (Wildman–Crippen MR) is 141 cm³/mol. The fraction of sp³-hybridized carbons (Fsp3) is 0.241. The molecule has 2 aliphatic rings. The number of nitrogens with one attached hydrogen (secondary N) is 1. The number of esters is 2. The van der Waals surface area contributed by atoms with Gasteiger partial charge in [-0.1, -0.05) is 60.5 Å². The summed E-state index contributed by atoms with van der Waals surface area (Å²) in [7, 11) is 0. The molecule has 7 heteroatoms. The highest BCUT2D eigenvalue weighted by Crippen LogP contribution is 2.51. The van der Waals surface area contributed by atoms with E-state index in [-0.39, 0.29) is 29.2 Å². The first-order valence-corrected chi connectivity index (χ1v) is 12.7. The molecular formula is C29H25Cl2NO4. The van der Waals surface area contributed by atoms with Crippen LogP contribution in [0.5, 0.6) is 5.75 Å². The summed E-state index contributed by atoms with van der Waals surface area (Å²) >= 11 is 12.7. The maximum absolute atomic E-state index is 13.1. The second-order valence-corrected chi connectivity index (χ2v) is 9.81. The lowest BCUT2D eigenvalue weighted by atomic mass is 9.76. The largest absolute Gasteiger partial charge is 0.462 e. The third kappa shape index (κ3) is 4.73. The number of ether oxygens (including phenoxy) is 2. The van der Waals surface area contributed by atoms with Crippen LogP contribution in [0, 0.1) is 5.92 Å². The van der Waals surface area contributed by atoms with Crippen molar-refractivity contribution >= 4 is 40.8 Å². The Morgan fingerprint density at radius 2 is 1.83 bits per heavy atom. The van der Waals surface area contributed by atoms with Gasteiger partial charge in [0.05, 0.1) is 18.2 Å². The molecule has 5 nitrogen and oxygen atoms in total. The molecule has 0 saturated heterocycles. The number of para-hydroxylation sites is 1. The second-order valence-electron chi connectivity index (χ2n) is 8.96. The number of rotatable bonds is 6. The van der Waals surface area contributed by atoms with Gasteiger partial charge in [0.25, 0.3) is 0 Å². The monoisotopic (exact) mass is 521 g/mol. The molecule has 184 valence electrons. The molecule has 0 fully saturated rings. The van der Waals surface area contributed by atoms with Crippen LogP contribution < -0.4 is 10.1 Å². The van der Waals surface area contributed by atoms with E-state index in [0.29, 0.717) is 28.6 Å². The molecule has 0 aromatic heterocycles. The maximum atomic E-state index is 13.1. The van der Waals surface area contributed by atoms with Gasteiger partial charge in [-0.15, -0.1) is 0 Å². The Morgan fingerprint density at radius 3 is 2.64 bits per heavy atom. The lowest BCUT2D eigenvalue weighted by Gasteiger charge is -2.38. The molecule has 1 heterocycles. The van der Waals surface area contributed by atoms with Gasteiger partial charge in [0.1, 0.15) is 11.3 Å². The zero-order valence-electron chi connectivity index (χ0n) is 19.7. The molecule has 1 aliphatic heterocycles. The second kappa shape index (κ2) is 10.4. The smallest absolute Gasteiger partial charge is 0.343 e. The minimum atomic E-state index is -0.532. The van der Waals surface area contributed by atoms with E-state index in [0.717, 1.165) is 23.2 Å². The standard InChI is InChI=1S/C29H25Cl2NO4/c1-2-14-35-29(34)22-6-3-4-9-26(22)36-28(33)17-10-13-25-23(15-17)19-7-5-8-20(19)27(32-25)21-12-11-18(30)16-24(21)31/h3-7,9-13,15-16,19-20,27,32H,2,8,14H2,1H3/t19-,20-,27+/m1/s1. The van der Waals surface area contributed by atoms with E-state index < -0.39 is 11.9 Å². The maximum Gasteiger partial charge on any atom is 0.343 e. The van der Waals surface area contributed by atoms with Crippen molar-refractivity contribution in [1.82, 2.24) is 0 Å². The van der Waals surface area contributed by atoms with Crippen LogP contribution in [0.25, 0.3) is 0 Å². The van der Waals surface area contributed by atoms with E-state index in [2.05, 4.69) is 17.5 Å². The summed E-state index contributed by atoms with van der Waals surface area (Å²) < 4.78 is 10.9. The Hall–Kier alpha value is -3.28. The van der Waals surface area contributed by atoms with Crippen molar-refractivity contribution < 1.29 is 19.1 Å². The summed E-state index contributed by atoms with van der Waals surface area (Å²) in [5, 5.41) is 4.85. The van der Waals surface area contributed by atoms with Crippen molar-refractivity contribution in [3.63, 3.8) is 0 Å². The molecule has 0 spiro atoms. The summed E-state index contributed by atoms with van der Waals surface area (Å²) in [5.74, 6) is -0.496. The van der Waals surface area contributed by atoms with Crippen LogP contribution in [-0.4, -0.2) is 18.5 Å². The first-order valence-electron chi connectivity index (χ1n) is 12.0. The molecular weight excluding hydrogens is 497 g/mol. The summed E-state index contributed by atoms with van der Waals surface area (Å²) in [6.45, 7) is 2.22. The Kier molecular flexibility index (Phi) is 7.04. The van der Waals surface area contributed by atoms with Crippen LogP contribution in [-0.2, 0) is 4.74 Å². The van der Waals surface area contributed by atoms with Crippen LogP contribution in [0.15, 0.2) is 72.8 Å². The molecule has 1 N–H and O–H groups in total. The summed E-state index contributed by atoms with van der Waals surface area (Å²) in [4.78, 5) is 25.5. The van der Waals surface area contributed by atoms with Gasteiger partial charge in [0.15, 0.2) is 0 Å². The third-order valence-electron chi connectivity index (χ3n) is 6.64. The molecule has 0 saturated carbocycles. The van der Waals surface area contributed by atoms with Crippen molar-refractivity contribution in [3.8, 4) is 5.75 Å². The fourth-order valence-corrected chi connectivity index (χ4v) is 5.46. The minimum absolute atomic E-state index is 0.0149. The van der Waals surface area contributed by atoms with E-state index in [9.17, 15) is 9.59 Å². The van der Waals surface area contributed by atoms with E-state index in [4.69, 9.17) is 32.7 Å². The zero-order chi connectivity index (χ0) is 25.2. The highest BCUT2D eigenvalue weighted by atomic mass is 35.5. The normalized spacial score (nSPS) is 19.7. The summed E-state index contributed by atoms with van der Waals surface area (Å²) in [5.41, 5.74) is 3.61. The van der Waals surface area contributed by atoms with Gasteiger partial charge < -0.3 is 14.8 Å². The number of hydrogen-bond acceptors (Lipinski definition) is 5. The average Bonchev–Trinajstić information content (AvgIpc) is 3.37. The van der Waals surface area contributed by atoms with Crippen molar-refractivity contribution in [3.05, 3.63) is 105 Å². The molecule has 5 rings (SSSR count). The Morgan fingerprint density at radius 1 is 1.00 bits per heavy atom. The van der Waals surface area contributed by atoms with Crippen LogP contribution >= 0.6 is 23.2 Å². The van der Waals surface area contributed by atoms with Crippen molar-refractivity contribution in [2.24, 2.45) is 5.92 Å². The minimum Gasteiger partial charge on any atom is -0.462 e. The SMILES string of the molecule is CCCOC(=O)c1ccccc1OC(=O)c1ccc2c(c1)[C@@H]1C=CC[C@H]1[C@@H](c1ccc(Cl)cc1Cl)N2. The predicted octanol–water partition coefficient (Wildman–Crippen LogP) is 7.61. The van der Waals surface area contributed by atoms with E-state index in [1.165, 1.54) is 0 Å². The van der Waals surface area contributed by atoms with Crippen LogP contribution in [0.4, 0.5) is 5.69 Å². The van der Waals surface area contributed by atoms with Gasteiger partial charge in [-0.25, -0.2) is 9.59 Å². The number of halogens is 2. The number of carbonyl (C=O) groups is 2. The molecule has 1 aliphatic carbocycles. The number of fused-ring (bicyclic) bond motifs is 3. The first kappa shape index (κ1) is 24.4. The molecule has 3 atom stereocenters. The highest BCUT2D eigenvalue weighted by molar-refractivity contribution is 6.35. The van der Waals surface area contributed by atoms with Crippen LogP contribution in [0.1, 0.15) is 63.6 Å². The topological polar surface area (TPSA) is 64.6 Å².